The highest BCUT2D eigenvalue weighted by Crippen LogP contribution is 2.24. The number of carbonyl (C=O) groups excluding carboxylic acids is 1. The van der Waals surface area contributed by atoms with Gasteiger partial charge in [0.25, 0.3) is 5.56 Å². The number of amides is 1. The first-order chi connectivity index (χ1) is 14.5. The van der Waals surface area contributed by atoms with Gasteiger partial charge in [0, 0.05) is 35.3 Å². The molecule has 0 radical (unpaired) electrons. The van der Waals surface area contributed by atoms with E-state index in [1.807, 2.05) is 30.3 Å². The topological polar surface area (TPSA) is 88.6 Å². The Balaban J connectivity index is 1.68. The van der Waals surface area contributed by atoms with Crippen molar-refractivity contribution in [2.45, 2.75) is 13.2 Å². The summed E-state index contributed by atoms with van der Waals surface area (Å²) in [6, 6.07) is 11.7. The minimum atomic E-state index is -0.829. The minimum absolute atomic E-state index is 0.0570. The lowest BCUT2D eigenvalue weighted by Crippen LogP contribution is -2.28. The van der Waals surface area contributed by atoms with Crippen molar-refractivity contribution in [3.8, 4) is 11.3 Å². The van der Waals surface area contributed by atoms with E-state index in [0.717, 1.165) is 22.3 Å². The molecule has 0 atom stereocenters. The van der Waals surface area contributed by atoms with E-state index in [1.165, 1.54) is 16.9 Å². The number of hydrogen-bond acceptors (Lipinski definition) is 4. The van der Waals surface area contributed by atoms with Crippen molar-refractivity contribution in [1.29, 1.82) is 0 Å². The van der Waals surface area contributed by atoms with Gasteiger partial charge in [-0.1, -0.05) is 30.3 Å². The molecule has 1 amide bonds. The van der Waals surface area contributed by atoms with Crippen molar-refractivity contribution in [3.05, 3.63) is 88.5 Å². The molecule has 4 rings (SSSR count). The van der Waals surface area contributed by atoms with Crippen LogP contribution in [-0.4, -0.2) is 25.2 Å². The zero-order valence-electron chi connectivity index (χ0n) is 15.5. The zero-order chi connectivity index (χ0) is 21.3. The molecule has 30 heavy (non-hydrogen) atoms. The minimum Gasteiger partial charge on any atom is -0.392 e. The van der Waals surface area contributed by atoms with Gasteiger partial charge in [-0.05, 0) is 12.1 Å². The fourth-order valence-electron chi connectivity index (χ4n) is 3.23. The third kappa shape index (κ3) is 3.70. The Bertz CT molecular complexity index is 1280. The maximum atomic E-state index is 13.3. The summed E-state index contributed by atoms with van der Waals surface area (Å²) in [6.07, 6.45) is 2.88. The lowest BCUT2D eigenvalue weighted by atomic mass is 10.1. The van der Waals surface area contributed by atoms with Crippen LogP contribution in [0.25, 0.3) is 16.8 Å². The molecule has 0 bridgehead atoms. The predicted molar refractivity (Wildman–Crippen MR) is 106 cm³/mol. The van der Waals surface area contributed by atoms with Gasteiger partial charge in [0.2, 0.25) is 5.91 Å². The van der Waals surface area contributed by atoms with Crippen molar-refractivity contribution in [1.82, 2.24) is 14.2 Å². The number of nitrogens with zero attached hydrogens (tertiary/aromatic N) is 3. The molecule has 0 spiro atoms. The molecule has 0 fully saturated rings. The van der Waals surface area contributed by atoms with Crippen LogP contribution in [0.4, 0.5) is 14.5 Å². The van der Waals surface area contributed by atoms with Crippen LogP contribution in [0.2, 0.25) is 0 Å². The Labute approximate surface area is 168 Å². The van der Waals surface area contributed by atoms with Crippen molar-refractivity contribution in [2.75, 3.05) is 5.32 Å². The molecular weight excluding hydrogens is 394 g/mol. The van der Waals surface area contributed by atoms with Gasteiger partial charge < -0.3 is 15.0 Å². The van der Waals surface area contributed by atoms with Crippen LogP contribution >= 0.6 is 0 Å². The molecule has 2 aromatic heterocycles. The van der Waals surface area contributed by atoms with Crippen LogP contribution in [0.15, 0.2) is 65.7 Å². The van der Waals surface area contributed by atoms with Gasteiger partial charge in [-0.3, -0.25) is 9.59 Å². The average Bonchev–Trinajstić information content (AvgIpc) is 3.09. The molecule has 0 aliphatic rings. The third-order valence-electron chi connectivity index (χ3n) is 4.53. The number of halogens is 2. The van der Waals surface area contributed by atoms with Gasteiger partial charge in [-0.25, -0.2) is 13.3 Å². The molecule has 0 aliphatic carbocycles. The van der Waals surface area contributed by atoms with Gasteiger partial charge in [0.05, 0.1) is 12.3 Å². The van der Waals surface area contributed by atoms with E-state index in [1.54, 1.807) is 0 Å². The Kier molecular flexibility index (Phi) is 5.11. The van der Waals surface area contributed by atoms with Gasteiger partial charge in [-0.15, -0.1) is 0 Å². The quantitative estimate of drug-likeness (QED) is 0.529. The summed E-state index contributed by atoms with van der Waals surface area (Å²) < 4.78 is 29.1. The van der Waals surface area contributed by atoms with Crippen LogP contribution in [0.3, 0.4) is 0 Å². The van der Waals surface area contributed by atoms with Crippen LogP contribution in [0, 0.1) is 11.6 Å². The largest absolute Gasteiger partial charge is 0.392 e. The van der Waals surface area contributed by atoms with Crippen LogP contribution in [0.5, 0.6) is 0 Å². The molecule has 2 N–H and O–H groups in total. The maximum absolute atomic E-state index is 13.3. The number of anilines is 1. The van der Waals surface area contributed by atoms with Crippen LogP contribution in [0.1, 0.15) is 5.56 Å². The summed E-state index contributed by atoms with van der Waals surface area (Å²) in [5.41, 5.74) is 1.10. The first-order valence-corrected chi connectivity index (χ1v) is 8.99. The highest BCUT2D eigenvalue weighted by Gasteiger charge is 2.18. The number of nitrogens with one attached hydrogen (secondary N) is 1. The number of aliphatic hydroxyl groups is 1. The molecule has 0 unspecified atom stereocenters. The molecule has 9 heteroatoms. The fraction of sp³-hybridized carbons (Fsp3) is 0.0952. The van der Waals surface area contributed by atoms with Crippen molar-refractivity contribution < 1.29 is 18.7 Å². The standard InChI is InChI=1S/C21H16F2N4O3/c22-14-8-15(23)10-16(9-14)24-18(29)11-26-6-7-27-20(21(26)30)17(12-28)19(25-27)13-4-2-1-3-5-13/h1-10,28H,11-12H2,(H,24,29). The molecule has 7 nitrogen and oxygen atoms in total. The van der Waals surface area contributed by atoms with Crippen molar-refractivity contribution in [2.24, 2.45) is 0 Å². The molecular formula is C21H16F2N4O3. The van der Waals surface area contributed by atoms with Crippen LogP contribution in [-0.2, 0) is 17.9 Å². The number of aromatic nitrogens is 3. The number of benzene rings is 2. The summed E-state index contributed by atoms with van der Waals surface area (Å²) in [7, 11) is 0. The highest BCUT2D eigenvalue weighted by atomic mass is 19.1. The Morgan fingerprint density at radius 3 is 2.43 bits per heavy atom. The van der Waals surface area contributed by atoms with Crippen LogP contribution < -0.4 is 10.9 Å². The second kappa shape index (κ2) is 7.88. The first-order valence-electron chi connectivity index (χ1n) is 8.99. The molecule has 2 heterocycles. The SMILES string of the molecule is O=C(Cn1ccn2nc(-c3ccccc3)c(CO)c2c1=O)Nc1cc(F)cc(F)c1. The monoisotopic (exact) mass is 410 g/mol. The van der Waals surface area contributed by atoms with E-state index in [9.17, 15) is 23.5 Å². The fourth-order valence-corrected chi connectivity index (χ4v) is 3.23. The molecule has 4 aromatic rings. The number of hydrogen-bond donors (Lipinski definition) is 2. The van der Waals surface area contributed by atoms with E-state index in [-0.39, 0.29) is 17.7 Å². The van der Waals surface area contributed by atoms with Gasteiger partial charge >= 0.3 is 0 Å². The average molecular weight is 410 g/mol. The van der Waals surface area contributed by atoms with E-state index < -0.39 is 29.7 Å². The summed E-state index contributed by atoms with van der Waals surface area (Å²) in [5, 5.41) is 16.6. The second-order valence-electron chi connectivity index (χ2n) is 6.58. The van der Waals surface area contributed by atoms with Gasteiger partial charge in [0.15, 0.2) is 0 Å². The van der Waals surface area contributed by atoms with Gasteiger partial charge in [0.1, 0.15) is 23.7 Å². The lowest BCUT2D eigenvalue weighted by Gasteiger charge is -2.08. The number of aliphatic hydroxyl groups excluding tert-OH is 1. The lowest BCUT2D eigenvalue weighted by molar-refractivity contribution is -0.116. The summed E-state index contributed by atoms with van der Waals surface area (Å²) in [4.78, 5) is 25.2. The normalized spacial score (nSPS) is 11.0. The summed E-state index contributed by atoms with van der Waals surface area (Å²) in [5.74, 6) is -2.30. The van der Waals surface area contributed by atoms with Crippen molar-refractivity contribution in [3.63, 3.8) is 0 Å². The van der Waals surface area contributed by atoms with E-state index in [4.69, 9.17) is 0 Å². The number of rotatable bonds is 5. The molecule has 0 aliphatic heterocycles. The van der Waals surface area contributed by atoms with Crippen molar-refractivity contribution >= 4 is 17.1 Å². The Morgan fingerprint density at radius 1 is 1.07 bits per heavy atom. The molecule has 0 saturated heterocycles. The molecule has 0 saturated carbocycles. The Hall–Kier alpha value is -3.85. The predicted octanol–water partition coefficient (Wildman–Crippen LogP) is 2.57. The second-order valence-corrected chi connectivity index (χ2v) is 6.58. The number of carbonyl (C=O) groups is 1. The third-order valence-corrected chi connectivity index (χ3v) is 4.53. The van der Waals surface area contributed by atoms with Gasteiger partial charge in [-0.2, -0.15) is 5.10 Å². The smallest absolute Gasteiger partial charge is 0.277 e. The zero-order valence-corrected chi connectivity index (χ0v) is 15.5. The molecule has 152 valence electrons. The highest BCUT2D eigenvalue weighted by molar-refractivity contribution is 5.90. The first kappa shape index (κ1) is 19.5. The van der Waals surface area contributed by atoms with E-state index in [2.05, 4.69) is 10.4 Å². The number of fused-ring (bicyclic) bond motifs is 1. The maximum Gasteiger partial charge on any atom is 0.277 e. The summed E-state index contributed by atoms with van der Waals surface area (Å²) in [6.45, 7) is -0.800. The van der Waals surface area contributed by atoms with E-state index >= 15 is 0 Å². The summed E-state index contributed by atoms with van der Waals surface area (Å²) >= 11 is 0. The van der Waals surface area contributed by atoms with E-state index in [0.29, 0.717) is 17.3 Å². The Morgan fingerprint density at radius 2 is 1.77 bits per heavy atom. The molecule has 2 aromatic carbocycles.